The molecule has 0 aliphatic carbocycles. The molecule has 3 aromatic rings. The third-order valence-electron chi connectivity index (χ3n) is 5.32. The van der Waals surface area contributed by atoms with Crippen molar-refractivity contribution >= 4 is 11.9 Å². The Balaban J connectivity index is 1.58. The molecule has 9 heteroatoms. The molecule has 8 nitrogen and oxygen atoms in total. The lowest BCUT2D eigenvalue weighted by Gasteiger charge is -2.25. The van der Waals surface area contributed by atoms with E-state index in [4.69, 9.17) is 14.3 Å². The van der Waals surface area contributed by atoms with Crippen LogP contribution in [0.5, 0.6) is 11.5 Å². The Bertz CT molecular complexity index is 1210. The smallest absolute Gasteiger partial charge is 0.231 e. The Morgan fingerprint density at radius 2 is 2.03 bits per heavy atom. The maximum Gasteiger partial charge on any atom is 0.231 e. The van der Waals surface area contributed by atoms with Crippen LogP contribution in [0.1, 0.15) is 30.0 Å². The maximum atomic E-state index is 14.0. The number of oxime groups is 1. The molecule has 0 bridgehead atoms. The van der Waals surface area contributed by atoms with Gasteiger partial charge >= 0.3 is 0 Å². The predicted molar refractivity (Wildman–Crippen MR) is 127 cm³/mol. The molecule has 1 aromatic heterocycles. The molecule has 1 atom stereocenters. The minimum atomic E-state index is -0.717. The van der Waals surface area contributed by atoms with E-state index in [-0.39, 0.29) is 13.2 Å². The predicted octanol–water partition coefficient (Wildman–Crippen LogP) is 4.08. The van der Waals surface area contributed by atoms with Crippen molar-refractivity contribution < 1.29 is 23.8 Å². The average molecular weight is 467 g/mol. The zero-order valence-electron chi connectivity index (χ0n) is 19.3. The molecule has 4 rings (SSSR count). The van der Waals surface area contributed by atoms with E-state index in [1.165, 1.54) is 12.1 Å². The Kier molecular flexibility index (Phi) is 7.12. The Labute approximate surface area is 197 Å². The van der Waals surface area contributed by atoms with Gasteiger partial charge in [0, 0.05) is 12.7 Å². The topological polar surface area (TPSA) is 81.3 Å². The van der Waals surface area contributed by atoms with Gasteiger partial charge in [0.15, 0.2) is 5.84 Å². The second-order valence-corrected chi connectivity index (χ2v) is 7.63. The number of aliphatic hydroxyl groups excluding tert-OH is 1. The number of aliphatic hydroxyl groups is 1. The van der Waals surface area contributed by atoms with Crippen molar-refractivity contribution in [2.24, 2.45) is 5.16 Å². The van der Waals surface area contributed by atoms with Crippen LogP contribution in [-0.4, -0.2) is 52.3 Å². The lowest BCUT2D eigenvalue weighted by molar-refractivity contribution is 0.00185. The number of aromatic nitrogens is 2. The first-order valence-corrected chi connectivity index (χ1v) is 10.9. The van der Waals surface area contributed by atoms with E-state index >= 15 is 0 Å². The van der Waals surface area contributed by atoms with E-state index in [0.29, 0.717) is 29.5 Å². The van der Waals surface area contributed by atoms with Crippen molar-refractivity contribution in [2.75, 3.05) is 26.9 Å². The Morgan fingerprint density at radius 3 is 2.74 bits per heavy atom. The monoisotopic (exact) mass is 466 g/mol. The molecule has 1 aliphatic rings. The van der Waals surface area contributed by atoms with Crippen molar-refractivity contribution in [3.8, 4) is 17.2 Å². The molecule has 178 valence electrons. The van der Waals surface area contributed by atoms with Gasteiger partial charge in [-0.1, -0.05) is 17.3 Å². The number of methoxy groups -OCH3 is 1. The van der Waals surface area contributed by atoms with Crippen LogP contribution in [0.2, 0.25) is 0 Å². The van der Waals surface area contributed by atoms with E-state index in [0.717, 1.165) is 16.9 Å². The van der Waals surface area contributed by atoms with Gasteiger partial charge < -0.3 is 28.9 Å². The highest BCUT2D eigenvalue weighted by Crippen LogP contribution is 2.35. The van der Waals surface area contributed by atoms with Crippen LogP contribution in [0.3, 0.4) is 0 Å². The molecule has 2 heterocycles. The van der Waals surface area contributed by atoms with Gasteiger partial charge in [-0.05, 0) is 55.8 Å². The molecule has 1 aliphatic heterocycles. The number of amidine groups is 1. The van der Waals surface area contributed by atoms with Gasteiger partial charge in [-0.3, -0.25) is 0 Å². The van der Waals surface area contributed by atoms with Crippen LogP contribution >= 0.6 is 0 Å². The molecule has 0 saturated heterocycles. The summed E-state index contributed by atoms with van der Waals surface area (Å²) in [4.78, 5) is 11.7. The van der Waals surface area contributed by atoms with Crippen LogP contribution in [0.15, 0.2) is 60.2 Å². The first-order valence-electron chi connectivity index (χ1n) is 10.9. The highest BCUT2D eigenvalue weighted by molar-refractivity contribution is 5.97. The van der Waals surface area contributed by atoms with Crippen LogP contribution in [-0.2, 0) is 4.84 Å². The standard InChI is InChI=1S/C25H27FN4O4/c1-4-33-22-9-7-19(26)14-20(22)25-30(11-12-31)24(28-34-25)10-6-18-5-8-21(23(13-18)32-3)29-15-17(2)27-16-29/h5-10,13-16,25,31H,4,11-12H2,1-3H3/b10-6+/t25-/m0/s1. The van der Waals surface area contributed by atoms with Gasteiger partial charge in [-0.2, -0.15) is 0 Å². The molecular weight excluding hydrogens is 439 g/mol. The van der Waals surface area contributed by atoms with E-state index in [1.807, 2.05) is 48.9 Å². The van der Waals surface area contributed by atoms with E-state index in [1.54, 1.807) is 30.5 Å². The summed E-state index contributed by atoms with van der Waals surface area (Å²) in [5, 5.41) is 13.8. The number of hydrogen-bond acceptors (Lipinski definition) is 7. The molecule has 0 radical (unpaired) electrons. The maximum absolute atomic E-state index is 14.0. The number of aryl methyl sites for hydroxylation is 1. The third kappa shape index (κ3) is 4.89. The van der Waals surface area contributed by atoms with Gasteiger partial charge in [0.2, 0.25) is 6.23 Å². The number of halogens is 1. The van der Waals surface area contributed by atoms with Crippen LogP contribution < -0.4 is 9.47 Å². The number of benzene rings is 2. The molecule has 0 saturated carbocycles. The summed E-state index contributed by atoms with van der Waals surface area (Å²) in [5.74, 6) is 1.29. The molecule has 2 aromatic carbocycles. The average Bonchev–Trinajstić information content (AvgIpc) is 3.45. The number of nitrogens with zero attached hydrogens (tertiary/aromatic N) is 4. The Hall–Kier alpha value is -3.85. The number of ether oxygens (including phenoxy) is 2. The first kappa shape index (κ1) is 23.3. The normalized spacial score (nSPS) is 15.5. The fourth-order valence-electron chi connectivity index (χ4n) is 3.76. The van der Waals surface area contributed by atoms with Crippen molar-refractivity contribution in [1.82, 2.24) is 14.5 Å². The van der Waals surface area contributed by atoms with Gasteiger partial charge in [-0.15, -0.1) is 0 Å². The summed E-state index contributed by atoms with van der Waals surface area (Å²) in [6.07, 6.45) is 6.60. The third-order valence-corrected chi connectivity index (χ3v) is 5.32. The summed E-state index contributed by atoms with van der Waals surface area (Å²) in [6.45, 7) is 4.33. The van der Waals surface area contributed by atoms with E-state index < -0.39 is 12.0 Å². The lowest BCUT2D eigenvalue weighted by atomic mass is 10.1. The fourth-order valence-corrected chi connectivity index (χ4v) is 3.76. The molecule has 1 N–H and O–H groups in total. The zero-order chi connectivity index (χ0) is 24.1. The molecular formula is C25H27FN4O4. The molecule has 34 heavy (non-hydrogen) atoms. The second kappa shape index (κ2) is 10.4. The lowest BCUT2D eigenvalue weighted by Crippen LogP contribution is -2.32. The summed E-state index contributed by atoms with van der Waals surface area (Å²) < 4.78 is 27.1. The fraction of sp³-hybridized carbons (Fsp3) is 0.280. The summed E-state index contributed by atoms with van der Waals surface area (Å²) in [7, 11) is 1.62. The Morgan fingerprint density at radius 1 is 1.18 bits per heavy atom. The van der Waals surface area contributed by atoms with Crippen LogP contribution in [0.25, 0.3) is 11.8 Å². The van der Waals surface area contributed by atoms with Crippen molar-refractivity contribution in [2.45, 2.75) is 20.1 Å². The highest BCUT2D eigenvalue weighted by atomic mass is 19.1. The van der Waals surface area contributed by atoms with Crippen LogP contribution in [0.4, 0.5) is 4.39 Å². The van der Waals surface area contributed by atoms with Gasteiger partial charge in [0.1, 0.15) is 17.3 Å². The zero-order valence-corrected chi connectivity index (χ0v) is 19.3. The minimum Gasteiger partial charge on any atom is -0.495 e. The molecule has 0 unspecified atom stereocenters. The van der Waals surface area contributed by atoms with Crippen molar-refractivity contribution in [3.05, 3.63) is 77.6 Å². The largest absolute Gasteiger partial charge is 0.495 e. The van der Waals surface area contributed by atoms with Crippen LogP contribution in [0, 0.1) is 12.7 Å². The van der Waals surface area contributed by atoms with Crippen molar-refractivity contribution in [3.63, 3.8) is 0 Å². The summed E-state index contributed by atoms with van der Waals surface area (Å²) in [6, 6.07) is 10.1. The van der Waals surface area contributed by atoms with Crippen molar-refractivity contribution in [1.29, 1.82) is 0 Å². The van der Waals surface area contributed by atoms with E-state index in [9.17, 15) is 9.50 Å². The van der Waals surface area contributed by atoms with Gasteiger partial charge in [0.25, 0.3) is 0 Å². The number of β-amino-alcohol motifs (C(OH)–C–C–N with tert-alkyl or cyclic N) is 1. The molecule has 0 amide bonds. The quantitative estimate of drug-likeness (QED) is 0.512. The first-order chi connectivity index (χ1) is 16.5. The SMILES string of the molecule is CCOc1ccc(F)cc1[C@@H]1ON=C(/C=C/c2ccc(-n3cnc(C)c3)c(OC)c2)N1CCO. The molecule has 0 spiro atoms. The summed E-state index contributed by atoms with van der Waals surface area (Å²) >= 11 is 0. The minimum absolute atomic E-state index is 0.126. The van der Waals surface area contributed by atoms with Gasteiger partial charge in [0.05, 0.1) is 43.6 Å². The summed E-state index contributed by atoms with van der Waals surface area (Å²) in [5.41, 5.74) is 3.17. The van der Waals surface area contributed by atoms with Gasteiger partial charge in [-0.25, -0.2) is 9.37 Å². The highest BCUT2D eigenvalue weighted by Gasteiger charge is 2.32. The number of rotatable bonds is 9. The van der Waals surface area contributed by atoms with E-state index in [2.05, 4.69) is 10.1 Å². The number of hydrogen-bond donors (Lipinski definition) is 1. The number of imidazole rings is 1. The second-order valence-electron chi connectivity index (χ2n) is 7.63. The molecule has 0 fully saturated rings.